The number of rotatable bonds is 9. The minimum absolute atomic E-state index is 0. The number of benzene rings is 2. The second kappa shape index (κ2) is 13.4. The van der Waals surface area contributed by atoms with Crippen molar-refractivity contribution in [2.75, 3.05) is 40.4 Å². The Hall–Kier alpha value is -2.00. The van der Waals surface area contributed by atoms with Crippen molar-refractivity contribution in [3.8, 4) is 11.5 Å². The van der Waals surface area contributed by atoms with Gasteiger partial charge in [0.2, 0.25) is 0 Å². The average molecular weight is 538 g/mol. The van der Waals surface area contributed by atoms with Crippen molar-refractivity contribution in [2.45, 2.75) is 32.4 Å². The quantitative estimate of drug-likeness (QED) is 0.285. The van der Waals surface area contributed by atoms with Crippen molar-refractivity contribution >= 4 is 29.9 Å². The van der Waals surface area contributed by atoms with E-state index in [9.17, 15) is 0 Å². The van der Waals surface area contributed by atoms with Crippen LogP contribution in [0, 0.1) is 0 Å². The molecule has 0 spiro atoms. The standard InChI is InChI=1S/C24H34N4O2.HI/c1-4-30-22-13-12-19(16-23(22)29-3)17-26-24(25-2)27-18-21(28-14-8-9-15-28)20-10-6-5-7-11-20;/h5-7,10-13,16,21H,4,8-9,14-15,17-18H2,1-3H3,(H2,25,26,27);1H. The molecule has 0 amide bonds. The lowest BCUT2D eigenvalue weighted by atomic mass is 10.1. The van der Waals surface area contributed by atoms with Crippen LogP contribution in [-0.2, 0) is 6.54 Å². The maximum Gasteiger partial charge on any atom is 0.191 e. The zero-order valence-corrected chi connectivity index (χ0v) is 21.1. The molecule has 170 valence electrons. The highest BCUT2D eigenvalue weighted by Crippen LogP contribution is 2.28. The number of nitrogens with zero attached hydrogens (tertiary/aromatic N) is 2. The lowest BCUT2D eigenvalue weighted by Gasteiger charge is -2.29. The fourth-order valence-corrected chi connectivity index (χ4v) is 3.88. The summed E-state index contributed by atoms with van der Waals surface area (Å²) in [6.45, 7) is 6.36. The van der Waals surface area contributed by atoms with Crippen LogP contribution in [0.5, 0.6) is 11.5 Å². The molecule has 0 saturated carbocycles. The predicted octanol–water partition coefficient (Wildman–Crippen LogP) is 4.21. The molecule has 1 fully saturated rings. The number of nitrogens with one attached hydrogen (secondary N) is 2. The fraction of sp³-hybridized carbons (Fsp3) is 0.458. The van der Waals surface area contributed by atoms with E-state index >= 15 is 0 Å². The minimum atomic E-state index is 0. The van der Waals surface area contributed by atoms with Gasteiger partial charge < -0.3 is 20.1 Å². The third-order valence-electron chi connectivity index (χ3n) is 5.44. The maximum absolute atomic E-state index is 5.60. The van der Waals surface area contributed by atoms with E-state index in [2.05, 4.69) is 50.9 Å². The van der Waals surface area contributed by atoms with E-state index in [0.717, 1.165) is 42.7 Å². The molecule has 1 aliphatic rings. The number of hydrogen-bond donors (Lipinski definition) is 2. The first-order valence-electron chi connectivity index (χ1n) is 10.8. The van der Waals surface area contributed by atoms with Gasteiger partial charge in [0.15, 0.2) is 17.5 Å². The van der Waals surface area contributed by atoms with Crippen molar-refractivity contribution in [1.82, 2.24) is 15.5 Å². The molecular formula is C24H35IN4O2. The highest BCUT2D eigenvalue weighted by Gasteiger charge is 2.23. The molecule has 2 aromatic carbocycles. The summed E-state index contributed by atoms with van der Waals surface area (Å²) < 4.78 is 11.1. The molecule has 0 bridgehead atoms. The summed E-state index contributed by atoms with van der Waals surface area (Å²) in [5, 5.41) is 6.93. The van der Waals surface area contributed by atoms with E-state index in [1.54, 1.807) is 7.11 Å². The molecule has 1 atom stereocenters. The summed E-state index contributed by atoms with van der Waals surface area (Å²) in [5.41, 5.74) is 2.45. The number of likely N-dealkylation sites (tertiary alicyclic amines) is 1. The summed E-state index contributed by atoms with van der Waals surface area (Å²) in [5.74, 6) is 2.31. The largest absolute Gasteiger partial charge is 0.493 e. The Kier molecular flexibility index (Phi) is 10.9. The smallest absolute Gasteiger partial charge is 0.191 e. The summed E-state index contributed by atoms with van der Waals surface area (Å²) in [4.78, 5) is 6.97. The third-order valence-corrected chi connectivity index (χ3v) is 5.44. The van der Waals surface area contributed by atoms with Crippen LogP contribution in [-0.4, -0.2) is 51.3 Å². The van der Waals surface area contributed by atoms with Crippen molar-refractivity contribution in [3.05, 3.63) is 59.7 Å². The first kappa shape index (κ1) is 25.3. The summed E-state index contributed by atoms with van der Waals surface area (Å²) in [6.07, 6.45) is 2.55. The molecule has 1 heterocycles. The van der Waals surface area contributed by atoms with Crippen LogP contribution in [0.25, 0.3) is 0 Å². The number of hydrogen-bond acceptors (Lipinski definition) is 4. The van der Waals surface area contributed by atoms with Crippen LogP contribution in [0.1, 0.15) is 36.9 Å². The molecule has 0 aromatic heterocycles. The van der Waals surface area contributed by atoms with Gasteiger partial charge in [-0.25, -0.2) is 0 Å². The van der Waals surface area contributed by atoms with Gasteiger partial charge in [0.25, 0.3) is 0 Å². The van der Waals surface area contributed by atoms with E-state index < -0.39 is 0 Å². The second-order valence-electron chi connectivity index (χ2n) is 7.39. The third kappa shape index (κ3) is 7.28. The number of guanidine groups is 1. The molecule has 0 aliphatic carbocycles. The Morgan fingerprint density at radius 1 is 1.06 bits per heavy atom. The SMILES string of the molecule is CCOc1ccc(CNC(=NC)NCC(c2ccccc2)N2CCCC2)cc1OC.I. The Bertz CT molecular complexity index is 810. The monoisotopic (exact) mass is 538 g/mol. The van der Waals surface area contributed by atoms with Gasteiger partial charge in [-0.3, -0.25) is 9.89 Å². The minimum Gasteiger partial charge on any atom is -0.493 e. The zero-order chi connectivity index (χ0) is 21.2. The van der Waals surface area contributed by atoms with Gasteiger partial charge in [-0.05, 0) is 56.1 Å². The van der Waals surface area contributed by atoms with Crippen LogP contribution < -0.4 is 20.1 Å². The van der Waals surface area contributed by atoms with Crippen LogP contribution >= 0.6 is 24.0 Å². The number of halogens is 1. The molecule has 1 unspecified atom stereocenters. The maximum atomic E-state index is 5.60. The van der Waals surface area contributed by atoms with Crippen LogP contribution in [0.4, 0.5) is 0 Å². The molecule has 7 heteroatoms. The first-order chi connectivity index (χ1) is 14.7. The van der Waals surface area contributed by atoms with E-state index in [0.29, 0.717) is 19.2 Å². The van der Waals surface area contributed by atoms with E-state index in [1.807, 2.05) is 32.2 Å². The second-order valence-corrected chi connectivity index (χ2v) is 7.39. The lowest BCUT2D eigenvalue weighted by Crippen LogP contribution is -2.42. The van der Waals surface area contributed by atoms with E-state index in [4.69, 9.17) is 9.47 Å². The molecule has 31 heavy (non-hydrogen) atoms. The summed E-state index contributed by atoms with van der Waals surface area (Å²) in [7, 11) is 3.47. The predicted molar refractivity (Wildman–Crippen MR) is 138 cm³/mol. The van der Waals surface area contributed by atoms with Gasteiger partial charge in [0.1, 0.15) is 0 Å². The van der Waals surface area contributed by atoms with Gasteiger partial charge in [-0.1, -0.05) is 36.4 Å². The number of ether oxygens (including phenoxy) is 2. The van der Waals surface area contributed by atoms with Crippen LogP contribution in [0.3, 0.4) is 0 Å². The molecule has 2 N–H and O–H groups in total. The molecule has 2 aromatic rings. The Labute approximate surface area is 203 Å². The Balaban J connectivity index is 0.00000341. The average Bonchev–Trinajstić information content (AvgIpc) is 3.32. The Morgan fingerprint density at radius 3 is 2.45 bits per heavy atom. The normalized spacial score (nSPS) is 15.1. The van der Waals surface area contributed by atoms with Gasteiger partial charge in [0.05, 0.1) is 19.8 Å². The van der Waals surface area contributed by atoms with Crippen molar-refractivity contribution in [3.63, 3.8) is 0 Å². The van der Waals surface area contributed by atoms with Gasteiger partial charge in [-0.15, -0.1) is 24.0 Å². The Morgan fingerprint density at radius 2 is 1.81 bits per heavy atom. The molecular weight excluding hydrogens is 503 g/mol. The molecule has 6 nitrogen and oxygen atoms in total. The van der Waals surface area contributed by atoms with Gasteiger partial charge >= 0.3 is 0 Å². The number of aliphatic imine (C=N–C) groups is 1. The van der Waals surface area contributed by atoms with Crippen molar-refractivity contribution in [2.24, 2.45) is 4.99 Å². The zero-order valence-electron chi connectivity index (χ0n) is 18.8. The molecule has 1 aliphatic heterocycles. The highest BCUT2D eigenvalue weighted by atomic mass is 127. The first-order valence-corrected chi connectivity index (χ1v) is 10.8. The van der Waals surface area contributed by atoms with Crippen LogP contribution in [0.15, 0.2) is 53.5 Å². The van der Waals surface area contributed by atoms with Crippen molar-refractivity contribution in [1.29, 1.82) is 0 Å². The molecule has 3 rings (SSSR count). The highest BCUT2D eigenvalue weighted by molar-refractivity contribution is 14.0. The molecule has 0 radical (unpaired) electrons. The van der Waals surface area contributed by atoms with Crippen LogP contribution in [0.2, 0.25) is 0 Å². The fourth-order valence-electron chi connectivity index (χ4n) is 3.88. The van der Waals surface area contributed by atoms with E-state index in [1.165, 1.54) is 18.4 Å². The molecule has 1 saturated heterocycles. The van der Waals surface area contributed by atoms with Gasteiger partial charge in [-0.2, -0.15) is 0 Å². The van der Waals surface area contributed by atoms with Gasteiger partial charge in [0, 0.05) is 20.1 Å². The van der Waals surface area contributed by atoms with E-state index in [-0.39, 0.29) is 24.0 Å². The topological polar surface area (TPSA) is 58.1 Å². The number of methoxy groups -OCH3 is 1. The summed E-state index contributed by atoms with van der Waals surface area (Å²) >= 11 is 0. The van der Waals surface area contributed by atoms with Crippen molar-refractivity contribution < 1.29 is 9.47 Å². The summed E-state index contributed by atoms with van der Waals surface area (Å²) in [6, 6.07) is 17.1. The lowest BCUT2D eigenvalue weighted by molar-refractivity contribution is 0.245.